The fraction of sp³-hybridized carbons (Fsp3) is 0.500. The van der Waals surface area contributed by atoms with E-state index in [1.54, 1.807) is 4.57 Å². The average molecular weight is 178 g/mol. The first-order valence-corrected chi connectivity index (χ1v) is 4.59. The van der Waals surface area contributed by atoms with Gasteiger partial charge in [-0.15, -0.1) is 0 Å². The van der Waals surface area contributed by atoms with E-state index in [1.807, 2.05) is 13.2 Å². The maximum Gasteiger partial charge on any atom is 0.253 e. The second kappa shape index (κ2) is 3.00. The molecule has 1 N–H and O–H groups in total. The summed E-state index contributed by atoms with van der Waals surface area (Å²) in [5.41, 5.74) is 3.59. The molecule has 0 amide bonds. The summed E-state index contributed by atoms with van der Waals surface area (Å²) in [4.78, 5) is 11.7. The lowest BCUT2D eigenvalue weighted by Gasteiger charge is -2.19. The van der Waals surface area contributed by atoms with Crippen LogP contribution in [-0.2, 0) is 20.0 Å². The maximum absolute atomic E-state index is 11.7. The zero-order chi connectivity index (χ0) is 9.42. The molecule has 0 bridgehead atoms. The van der Waals surface area contributed by atoms with E-state index >= 15 is 0 Å². The van der Waals surface area contributed by atoms with Crippen LogP contribution in [0.4, 0.5) is 0 Å². The van der Waals surface area contributed by atoms with Crippen LogP contribution < -0.4 is 10.9 Å². The first kappa shape index (κ1) is 8.51. The molecule has 0 unspecified atom stereocenters. The van der Waals surface area contributed by atoms with Gasteiger partial charge in [-0.2, -0.15) is 0 Å². The largest absolute Gasteiger partial charge is 0.318 e. The van der Waals surface area contributed by atoms with Crippen molar-refractivity contribution in [2.75, 3.05) is 6.54 Å². The lowest BCUT2D eigenvalue weighted by Crippen LogP contribution is -2.33. The number of fused-ring (bicyclic) bond motifs is 1. The topological polar surface area (TPSA) is 34.0 Å². The van der Waals surface area contributed by atoms with Crippen LogP contribution >= 0.6 is 0 Å². The van der Waals surface area contributed by atoms with Crippen LogP contribution in [0.15, 0.2) is 11.0 Å². The van der Waals surface area contributed by atoms with Crippen LogP contribution in [0.5, 0.6) is 0 Å². The summed E-state index contributed by atoms with van der Waals surface area (Å²) in [6.07, 6.45) is 2.78. The highest BCUT2D eigenvalue weighted by atomic mass is 16.1. The predicted molar refractivity (Wildman–Crippen MR) is 51.8 cm³/mol. The minimum absolute atomic E-state index is 0.169. The van der Waals surface area contributed by atoms with Gasteiger partial charge in [0.25, 0.3) is 5.56 Å². The van der Waals surface area contributed by atoms with E-state index < -0.39 is 0 Å². The minimum atomic E-state index is 0.169. The summed E-state index contributed by atoms with van der Waals surface area (Å²) < 4.78 is 1.68. The smallest absolute Gasteiger partial charge is 0.253 e. The molecule has 3 heteroatoms. The van der Waals surface area contributed by atoms with E-state index in [0.29, 0.717) is 0 Å². The van der Waals surface area contributed by atoms with E-state index in [9.17, 15) is 4.79 Å². The lowest BCUT2D eigenvalue weighted by molar-refractivity contribution is 0.623. The number of aromatic nitrogens is 1. The van der Waals surface area contributed by atoms with E-state index in [2.05, 4.69) is 12.2 Å². The van der Waals surface area contributed by atoms with E-state index in [0.717, 1.165) is 25.1 Å². The predicted octanol–water partition coefficient (Wildman–Crippen LogP) is 0.339. The van der Waals surface area contributed by atoms with Crippen LogP contribution in [0.25, 0.3) is 0 Å². The summed E-state index contributed by atoms with van der Waals surface area (Å²) in [6, 6.07) is 0. The lowest BCUT2D eigenvalue weighted by atomic mass is 9.99. The molecule has 0 saturated heterocycles. The Balaban J connectivity index is 2.70. The Labute approximate surface area is 77.4 Å². The number of hydrogen-bond acceptors (Lipinski definition) is 2. The molecule has 70 valence electrons. The first-order chi connectivity index (χ1) is 6.20. The molecule has 0 fully saturated rings. The normalized spacial score (nSPS) is 15.5. The number of hydrogen-bond donors (Lipinski definition) is 1. The van der Waals surface area contributed by atoms with Crippen LogP contribution in [0.2, 0.25) is 0 Å². The Morgan fingerprint density at radius 3 is 3.00 bits per heavy atom. The number of aryl methyl sites for hydroxylation is 2. The van der Waals surface area contributed by atoms with E-state index in [-0.39, 0.29) is 5.56 Å². The fourth-order valence-corrected chi connectivity index (χ4v) is 1.94. The zero-order valence-electron chi connectivity index (χ0n) is 8.05. The highest BCUT2D eigenvalue weighted by Crippen LogP contribution is 2.13. The van der Waals surface area contributed by atoms with Crippen molar-refractivity contribution in [3.8, 4) is 0 Å². The van der Waals surface area contributed by atoms with Crippen LogP contribution in [0.1, 0.15) is 16.7 Å². The van der Waals surface area contributed by atoms with Crippen molar-refractivity contribution in [1.82, 2.24) is 9.88 Å². The molecule has 1 aromatic heterocycles. The Morgan fingerprint density at radius 1 is 1.46 bits per heavy atom. The second-order valence-corrected chi connectivity index (χ2v) is 3.61. The molecular formula is C10H14N2O. The van der Waals surface area contributed by atoms with Gasteiger partial charge in [-0.05, 0) is 31.0 Å². The molecule has 0 radical (unpaired) electrons. The van der Waals surface area contributed by atoms with Crippen molar-refractivity contribution in [1.29, 1.82) is 0 Å². The molecule has 1 aliphatic heterocycles. The summed E-state index contributed by atoms with van der Waals surface area (Å²) in [6.45, 7) is 3.83. The molecule has 0 spiro atoms. The maximum atomic E-state index is 11.7. The third kappa shape index (κ3) is 1.29. The van der Waals surface area contributed by atoms with Gasteiger partial charge < -0.3 is 9.88 Å². The van der Waals surface area contributed by atoms with Crippen molar-refractivity contribution in [2.45, 2.75) is 19.9 Å². The Morgan fingerprint density at radius 2 is 2.23 bits per heavy atom. The quantitative estimate of drug-likeness (QED) is 0.621. The minimum Gasteiger partial charge on any atom is -0.318 e. The number of rotatable bonds is 0. The van der Waals surface area contributed by atoms with Gasteiger partial charge in [-0.1, -0.05) is 0 Å². The molecule has 2 heterocycles. The third-order valence-corrected chi connectivity index (χ3v) is 2.66. The molecule has 3 nitrogen and oxygen atoms in total. The Bertz CT molecular complexity index is 393. The molecule has 0 aromatic carbocycles. The summed E-state index contributed by atoms with van der Waals surface area (Å²) >= 11 is 0. The highest BCUT2D eigenvalue weighted by Gasteiger charge is 2.14. The molecular weight excluding hydrogens is 164 g/mol. The SMILES string of the molecule is Cc1cn(C)c(=O)c2c1CNCC2. The molecule has 1 aliphatic rings. The number of nitrogens with one attached hydrogen (secondary N) is 1. The van der Waals surface area contributed by atoms with Gasteiger partial charge in [0.05, 0.1) is 0 Å². The monoisotopic (exact) mass is 178 g/mol. The number of nitrogens with zero attached hydrogens (tertiary/aromatic N) is 1. The standard InChI is InChI=1S/C10H14N2O/c1-7-6-12(2)10(13)8-3-4-11-5-9(7)8/h6,11H,3-5H2,1-2H3. The van der Waals surface area contributed by atoms with Crippen LogP contribution in [0, 0.1) is 6.92 Å². The van der Waals surface area contributed by atoms with Gasteiger partial charge in [0.15, 0.2) is 0 Å². The summed E-state index contributed by atoms with van der Waals surface area (Å²) in [5.74, 6) is 0. The van der Waals surface area contributed by atoms with Gasteiger partial charge in [0.1, 0.15) is 0 Å². The molecule has 0 atom stereocenters. The molecule has 2 rings (SSSR count). The zero-order valence-corrected chi connectivity index (χ0v) is 8.05. The van der Waals surface area contributed by atoms with Gasteiger partial charge in [0.2, 0.25) is 0 Å². The molecule has 1 aromatic rings. The highest BCUT2D eigenvalue weighted by molar-refractivity contribution is 5.33. The van der Waals surface area contributed by atoms with Crippen molar-refractivity contribution in [3.05, 3.63) is 33.2 Å². The Hall–Kier alpha value is -1.09. The number of pyridine rings is 1. The summed E-state index contributed by atoms with van der Waals surface area (Å²) in [5, 5.41) is 3.28. The summed E-state index contributed by atoms with van der Waals surface area (Å²) in [7, 11) is 1.82. The second-order valence-electron chi connectivity index (χ2n) is 3.61. The third-order valence-electron chi connectivity index (χ3n) is 2.66. The van der Waals surface area contributed by atoms with Crippen LogP contribution in [-0.4, -0.2) is 11.1 Å². The van der Waals surface area contributed by atoms with Gasteiger partial charge >= 0.3 is 0 Å². The van der Waals surface area contributed by atoms with Crippen LogP contribution in [0.3, 0.4) is 0 Å². The van der Waals surface area contributed by atoms with Gasteiger partial charge in [0, 0.05) is 25.4 Å². The van der Waals surface area contributed by atoms with E-state index in [1.165, 1.54) is 11.1 Å². The first-order valence-electron chi connectivity index (χ1n) is 4.59. The van der Waals surface area contributed by atoms with Crippen molar-refractivity contribution in [3.63, 3.8) is 0 Å². The molecule has 0 saturated carbocycles. The van der Waals surface area contributed by atoms with Crippen molar-refractivity contribution >= 4 is 0 Å². The molecule has 0 aliphatic carbocycles. The van der Waals surface area contributed by atoms with Gasteiger partial charge in [-0.3, -0.25) is 4.79 Å². The molecule has 13 heavy (non-hydrogen) atoms. The fourth-order valence-electron chi connectivity index (χ4n) is 1.94. The Kier molecular flexibility index (Phi) is 1.96. The van der Waals surface area contributed by atoms with E-state index in [4.69, 9.17) is 0 Å². The average Bonchev–Trinajstić information content (AvgIpc) is 2.15. The van der Waals surface area contributed by atoms with Gasteiger partial charge in [-0.25, -0.2) is 0 Å². The van der Waals surface area contributed by atoms with Crippen molar-refractivity contribution in [2.24, 2.45) is 7.05 Å². The van der Waals surface area contributed by atoms with Crippen molar-refractivity contribution < 1.29 is 0 Å².